The first-order valence-corrected chi connectivity index (χ1v) is 8.87. The van der Waals surface area contributed by atoms with E-state index in [-0.39, 0.29) is 11.8 Å². The topological polar surface area (TPSA) is 41.5 Å². The Bertz CT molecular complexity index is 900. The maximum Gasteiger partial charge on any atom is 0.283 e. The molecule has 0 bridgehead atoms. The maximum atomic E-state index is 12.5. The van der Waals surface area contributed by atoms with Crippen molar-refractivity contribution in [2.24, 2.45) is 11.0 Å². The highest BCUT2D eigenvalue weighted by Gasteiger charge is 2.17. The van der Waals surface area contributed by atoms with Crippen molar-refractivity contribution in [2.75, 3.05) is 0 Å². The van der Waals surface area contributed by atoms with Gasteiger partial charge >= 0.3 is 0 Å². The van der Waals surface area contributed by atoms with Gasteiger partial charge < -0.3 is 0 Å². The van der Waals surface area contributed by atoms with Crippen LogP contribution in [0.25, 0.3) is 10.1 Å². The van der Waals surface area contributed by atoms with E-state index in [1.165, 1.54) is 11.3 Å². The second-order valence-corrected chi connectivity index (χ2v) is 7.13. The molecule has 1 amide bonds. The van der Waals surface area contributed by atoms with Crippen LogP contribution in [-0.4, -0.2) is 11.6 Å². The van der Waals surface area contributed by atoms with Gasteiger partial charge in [0.1, 0.15) is 4.88 Å². The zero-order valence-electron chi connectivity index (χ0n) is 13.4. The Morgan fingerprint density at radius 2 is 1.75 bits per heavy atom. The molecule has 0 saturated heterocycles. The predicted octanol–water partition coefficient (Wildman–Crippen LogP) is 5.34. The summed E-state index contributed by atoms with van der Waals surface area (Å²) in [5, 5.41) is 5.72. The van der Waals surface area contributed by atoms with Crippen LogP contribution < -0.4 is 5.43 Å². The third-order valence-corrected chi connectivity index (χ3v) is 5.31. The number of carbonyl (C=O) groups is 1. The number of nitrogens with one attached hydrogen (secondary N) is 1. The summed E-state index contributed by atoms with van der Waals surface area (Å²) in [5.41, 5.74) is 4.49. The molecule has 122 valence electrons. The van der Waals surface area contributed by atoms with E-state index in [2.05, 4.69) is 10.5 Å². The van der Waals surface area contributed by atoms with E-state index < -0.39 is 0 Å². The normalized spacial score (nSPS) is 11.9. The summed E-state index contributed by atoms with van der Waals surface area (Å²) in [4.78, 5) is 13.0. The van der Waals surface area contributed by atoms with E-state index in [1.54, 1.807) is 0 Å². The minimum Gasteiger partial charge on any atom is -0.266 e. The summed E-state index contributed by atoms with van der Waals surface area (Å²) in [6.45, 7) is 4.09. The van der Waals surface area contributed by atoms with Crippen LogP contribution in [0.2, 0.25) is 5.02 Å². The van der Waals surface area contributed by atoms with Crippen molar-refractivity contribution in [3.8, 4) is 0 Å². The lowest BCUT2D eigenvalue weighted by Crippen LogP contribution is -2.21. The van der Waals surface area contributed by atoms with Crippen LogP contribution in [0.3, 0.4) is 0 Å². The molecule has 1 heterocycles. The van der Waals surface area contributed by atoms with Crippen molar-refractivity contribution in [1.29, 1.82) is 0 Å². The molecule has 3 aromatic rings. The Kier molecular flexibility index (Phi) is 4.97. The van der Waals surface area contributed by atoms with E-state index in [1.807, 2.05) is 68.4 Å². The van der Waals surface area contributed by atoms with Gasteiger partial charge in [-0.25, -0.2) is 5.43 Å². The first kappa shape index (κ1) is 16.7. The van der Waals surface area contributed by atoms with Crippen LogP contribution in [0, 0.1) is 5.92 Å². The number of nitrogens with zero attached hydrogens (tertiary/aromatic N) is 1. The average Bonchev–Trinajstić information content (AvgIpc) is 2.93. The molecule has 5 heteroatoms. The van der Waals surface area contributed by atoms with E-state index in [9.17, 15) is 4.79 Å². The molecule has 24 heavy (non-hydrogen) atoms. The molecule has 0 aliphatic rings. The minimum absolute atomic E-state index is 0.186. The summed E-state index contributed by atoms with van der Waals surface area (Å²) < 4.78 is 0.990. The molecule has 0 saturated carbocycles. The van der Waals surface area contributed by atoms with E-state index >= 15 is 0 Å². The molecule has 3 nitrogen and oxygen atoms in total. The standard InChI is InChI=1S/C19H17ClN2OS/c1-12(2)17(13-8-4-3-5-9-13)21-22-19(23)18-16(20)14-10-6-7-11-15(14)24-18/h3-12H,1-2H3,(H,22,23)/b21-17-. The van der Waals surface area contributed by atoms with E-state index in [0.29, 0.717) is 9.90 Å². The van der Waals surface area contributed by atoms with E-state index in [0.717, 1.165) is 21.4 Å². The molecule has 2 aromatic carbocycles. The summed E-state index contributed by atoms with van der Waals surface area (Å²) in [6, 6.07) is 17.5. The van der Waals surface area contributed by atoms with Gasteiger partial charge in [0, 0.05) is 10.1 Å². The summed E-state index contributed by atoms with van der Waals surface area (Å²) in [5.74, 6) is -0.0964. The molecule has 0 atom stereocenters. The lowest BCUT2D eigenvalue weighted by Gasteiger charge is -2.10. The molecule has 1 N–H and O–H groups in total. The first-order valence-electron chi connectivity index (χ1n) is 7.68. The second-order valence-electron chi connectivity index (χ2n) is 5.70. The Hall–Kier alpha value is -2.17. The van der Waals surface area contributed by atoms with Crippen molar-refractivity contribution in [3.05, 3.63) is 70.1 Å². The summed E-state index contributed by atoms with van der Waals surface area (Å²) >= 11 is 7.72. The lowest BCUT2D eigenvalue weighted by atomic mass is 10.0. The molecule has 0 fully saturated rings. The second kappa shape index (κ2) is 7.16. The molecule has 3 rings (SSSR count). The predicted molar refractivity (Wildman–Crippen MR) is 102 cm³/mol. The highest BCUT2D eigenvalue weighted by molar-refractivity contribution is 7.21. The van der Waals surface area contributed by atoms with Crippen molar-refractivity contribution < 1.29 is 4.79 Å². The molecule has 0 unspecified atom stereocenters. The zero-order valence-corrected chi connectivity index (χ0v) is 15.0. The number of hydrazone groups is 1. The van der Waals surface area contributed by atoms with Crippen LogP contribution in [0.5, 0.6) is 0 Å². The quantitative estimate of drug-likeness (QED) is 0.497. The number of fused-ring (bicyclic) bond motifs is 1. The number of hydrogen-bond donors (Lipinski definition) is 1. The highest BCUT2D eigenvalue weighted by atomic mass is 35.5. The molecule has 0 aliphatic carbocycles. The van der Waals surface area contributed by atoms with Gasteiger partial charge in [-0.15, -0.1) is 11.3 Å². The molecule has 0 radical (unpaired) electrons. The smallest absolute Gasteiger partial charge is 0.266 e. The number of halogens is 1. The van der Waals surface area contributed by atoms with Gasteiger partial charge in [0.05, 0.1) is 10.7 Å². The number of amides is 1. The first-order chi connectivity index (χ1) is 11.6. The van der Waals surface area contributed by atoms with E-state index in [4.69, 9.17) is 11.6 Å². The summed E-state index contributed by atoms with van der Waals surface area (Å²) in [7, 11) is 0. The van der Waals surface area contributed by atoms with Crippen LogP contribution >= 0.6 is 22.9 Å². The van der Waals surface area contributed by atoms with Crippen molar-refractivity contribution in [1.82, 2.24) is 5.43 Å². The fraction of sp³-hybridized carbons (Fsp3) is 0.158. The molecular weight excluding hydrogens is 340 g/mol. The zero-order chi connectivity index (χ0) is 17.1. The van der Waals surface area contributed by atoms with Crippen LogP contribution in [0.4, 0.5) is 0 Å². The molecule has 1 aromatic heterocycles. The highest BCUT2D eigenvalue weighted by Crippen LogP contribution is 2.34. The SMILES string of the molecule is CC(C)/C(=N/NC(=O)c1sc2ccccc2c1Cl)c1ccccc1. The van der Waals surface area contributed by atoms with Gasteiger partial charge in [0.25, 0.3) is 5.91 Å². The lowest BCUT2D eigenvalue weighted by molar-refractivity contribution is 0.0959. The Morgan fingerprint density at radius 3 is 2.42 bits per heavy atom. The van der Waals surface area contributed by atoms with Gasteiger partial charge in [-0.3, -0.25) is 4.79 Å². The van der Waals surface area contributed by atoms with Gasteiger partial charge in [-0.2, -0.15) is 5.10 Å². The number of benzene rings is 2. The Balaban J connectivity index is 1.88. The minimum atomic E-state index is -0.282. The van der Waals surface area contributed by atoms with Crippen molar-refractivity contribution in [2.45, 2.75) is 13.8 Å². The van der Waals surface area contributed by atoms with Gasteiger partial charge in [0.15, 0.2) is 0 Å². The monoisotopic (exact) mass is 356 g/mol. The molecule has 0 spiro atoms. The fourth-order valence-electron chi connectivity index (χ4n) is 2.46. The molecular formula is C19H17ClN2OS. The molecule has 0 aliphatic heterocycles. The van der Waals surface area contributed by atoms with Gasteiger partial charge in [-0.1, -0.05) is 74.0 Å². The Labute approximate surface area is 150 Å². The Morgan fingerprint density at radius 1 is 1.08 bits per heavy atom. The fourth-order valence-corrected chi connectivity index (χ4v) is 3.86. The summed E-state index contributed by atoms with van der Waals surface area (Å²) in [6.07, 6.45) is 0. The number of rotatable bonds is 4. The number of carbonyl (C=O) groups excluding carboxylic acids is 1. The van der Waals surface area contributed by atoms with Crippen LogP contribution in [0.15, 0.2) is 59.7 Å². The van der Waals surface area contributed by atoms with Crippen molar-refractivity contribution in [3.63, 3.8) is 0 Å². The third-order valence-electron chi connectivity index (χ3n) is 3.64. The largest absolute Gasteiger partial charge is 0.283 e. The average molecular weight is 357 g/mol. The van der Waals surface area contributed by atoms with Crippen molar-refractivity contribution >= 4 is 44.6 Å². The van der Waals surface area contributed by atoms with Gasteiger partial charge in [0.2, 0.25) is 0 Å². The maximum absolute atomic E-state index is 12.5. The number of thiophene rings is 1. The third kappa shape index (κ3) is 3.35. The number of hydrogen-bond acceptors (Lipinski definition) is 3. The van der Waals surface area contributed by atoms with Gasteiger partial charge in [-0.05, 0) is 17.5 Å². The van der Waals surface area contributed by atoms with Crippen LogP contribution in [0.1, 0.15) is 29.1 Å². The van der Waals surface area contributed by atoms with Crippen LogP contribution in [-0.2, 0) is 0 Å².